The number of hydrogen-bond donors (Lipinski definition) is 2. The number of morpholine rings is 1. The third kappa shape index (κ3) is 6.48. The number of pyridine rings is 1. The first-order chi connectivity index (χ1) is 20.2. The maximum Gasteiger partial charge on any atom is 0.215 e. The Kier molecular flexibility index (Phi) is 8.36. The molecule has 0 aliphatic carbocycles. The molecule has 9 heteroatoms. The van der Waals surface area contributed by atoms with Gasteiger partial charge in [-0.1, -0.05) is 36.4 Å². The summed E-state index contributed by atoms with van der Waals surface area (Å²) >= 11 is 0. The summed E-state index contributed by atoms with van der Waals surface area (Å²) in [7, 11) is 0. The molecule has 0 bridgehead atoms. The Hall–Kier alpha value is -4.05. The van der Waals surface area contributed by atoms with Crippen molar-refractivity contribution in [3.05, 3.63) is 89.6 Å². The van der Waals surface area contributed by atoms with Crippen LogP contribution in [-0.4, -0.2) is 70.5 Å². The molecule has 0 amide bonds. The van der Waals surface area contributed by atoms with Gasteiger partial charge in [-0.3, -0.25) is 4.90 Å². The number of β-amino-alcohol motifs (C(OH)–C–C–N with tert-alkyl or cyclic N) is 1. The standard InChI is InChI=1S/C32H36N6O3/c1-23-21-40-19-17-38(23)32-27-14-15-37(16-18-39)20-28(27)34-31(36-32)25-10-12-26(13-11-25)33-29-8-5-9-30(35-29)41-22-24-6-3-2-4-7-24/h2-13,23,39H,14-22H2,1H3,(H,33,35). The summed E-state index contributed by atoms with van der Waals surface area (Å²) < 4.78 is 11.6. The summed E-state index contributed by atoms with van der Waals surface area (Å²) in [4.78, 5) is 19.4. The Morgan fingerprint density at radius 3 is 2.63 bits per heavy atom. The molecule has 2 aromatic carbocycles. The first-order valence-corrected chi connectivity index (χ1v) is 14.2. The van der Waals surface area contributed by atoms with Crippen LogP contribution < -0.4 is 15.0 Å². The summed E-state index contributed by atoms with van der Waals surface area (Å²) in [6.07, 6.45) is 0.874. The van der Waals surface area contributed by atoms with Gasteiger partial charge in [-0.2, -0.15) is 4.98 Å². The average Bonchev–Trinajstić information content (AvgIpc) is 3.01. The highest BCUT2D eigenvalue weighted by Gasteiger charge is 2.28. The zero-order valence-corrected chi connectivity index (χ0v) is 23.4. The summed E-state index contributed by atoms with van der Waals surface area (Å²) in [5, 5.41) is 12.9. The number of nitrogens with one attached hydrogen (secondary N) is 1. The summed E-state index contributed by atoms with van der Waals surface area (Å²) in [6.45, 7) is 7.26. The second kappa shape index (κ2) is 12.6. The number of nitrogens with zero attached hydrogens (tertiary/aromatic N) is 5. The van der Waals surface area contributed by atoms with E-state index in [1.165, 1.54) is 5.56 Å². The fraction of sp³-hybridized carbons (Fsp3) is 0.344. The number of hydrogen-bond acceptors (Lipinski definition) is 9. The lowest BCUT2D eigenvalue weighted by molar-refractivity contribution is 0.0983. The van der Waals surface area contributed by atoms with Crippen LogP contribution in [0.2, 0.25) is 0 Å². The van der Waals surface area contributed by atoms with Crippen LogP contribution in [-0.2, 0) is 24.3 Å². The summed E-state index contributed by atoms with van der Waals surface area (Å²) in [6, 6.07) is 24.1. The molecule has 6 rings (SSSR count). The van der Waals surface area contributed by atoms with Gasteiger partial charge in [0.05, 0.1) is 31.6 Å². The van der Waals surface area contributed by atoms with E-state index in [1.807, 2.05) is 72.8 Å². The van der Waals surface area contributed by atoms with Crippen LogP contribution in [0.1, 0.15) is 23.7 Å². The Morgan fingerprint density at radius 2 is 1.83 bits per heavy atom. The van der Waals surface area contributed by atoms with Crippen LogP contribution in [0.3, 0.4) is 0 Å². The van der Waals surface area contributed by atoms with Crippen LogP contribution >= 0.6 is 0 Å². The molecule has 0 radical (unpaired) electrons. The van der Waals surface area contributed by atoms with Gasteiger partial charge in [-0.15, -0.1) is 0 Å². The molecule has 2 aromatic heterocycles. The van der Waals surface area contributed by atoms with E-state index >= 15 is 0 Å². The molecular weight excluding hydrogens is 516 g/mol. The van der Waals surface area contributed by atoms with E-state index in [1.54, 1.807) is 0 Å². The molecule has 1 fully saturated rings. The highest BCUT2D eigenvalue weighted by molar-refractivity contribution is 5.66. The van der Waals surface area contributed by atoms with E-state index < -0.39 is 0 Å². The molecule has 41 heavy (non-hydrogen) atoms. The van der Waals surface area contributed by atoms with E-state index in [4.69, 9.17) is 19.4 Å². The lowest BCUT2D eigenvalue weighted by Crippen LogP contribution is -2.45. The predicted molar refractivity (Wildman–Crippen MR) is 159 cm³/mol. The first-order valence-electron chi connectivity index (χ1n) is 14.2. The minimum absolute atomic E-state index is 0.145. The van der Waals surface area contributed by atoms with Crippen molar-refractivity contribution in [2.45, 2.75) is 32.5 Å². The number of aliphatic hydroxyl groups excluding tert-OH is 1. The second-order valence-electron chi connectivity index (χ2n) is 10.5. The zero-order chi connectivity index (χ0) is 28.0. The van der Waals surface area contributed by atoms with Crippen molar-refractivity contribution in [1.29, 1.82) is 0 Å². The van der Waals surface area contributed by atoms with Crippen LogP contribution in [0.5, 0.6) is 5.88 Å². The van der Waals surface area contributed by atoms with Gasteiger partial charge in [0.25, 0.3) is 0 Å². The fourth-order valence-electron chi connectivity index (χ4n) is 5.35. The fourth-order valence-corrected chi connectivity index (χ4v) is 5.35. The van der Waals surface area contributed by atoms with E-state index in [9.17, 15) is 5.11 Å². The summed E-state index contributed by atoms with van der Waals surface area (Å²) in [5.74, 6) is 3.01. The van der Waals surface area contributed by atoms with Crippen molar-refractivity contribution in [1.82, 2.24) is 19.9 Å². The molecule has 0 saturated carbocycles. The molecule has 212 valence electrons. The molecule has 2 aliphatic rings. The molecule has 2 N–H and O–H groups in total. The number of benzene rings is 2. The van der Waals surface area contributed by atoms with Gasteiger partial charge >= 0.3 is 0 Å². The van der Waals surface area contributed by atoms with Crippen molar-refractivity contribution >= 4 is 17.3 Å². The molecular formula is C32H36N6O3. The molecule has 0 spiro atoms. The van der Waals surface area contributed by atoms with Crippen LogP contribution in [0, 0.1) is 0 Å². The topological polar surface area (TPSA) is 95.9 Å². The van der Waals surface area contributed by atoms with Crippen molar-refractivity contribution in [3.63, 3.8) is 0 Å². The van der Waals surface area contributed by atoms with E-state index in [-0.39, 0.29) is 12.6 Å². The number of rotatable bonds is 9. The molecule has 2 aliphatic heterocycles. The summed E-state index contributed by atoms with van der Waals surface area (Å²) in [5.41, 5.74) is 5.22. The zero-order valence-electron chi connectivity index (χ0n) is 23.4. The number of aromatic nitrogens is 3. The first kappa shape index (κ1) is 27.1. The SMILES string of the molecule is CC1COCCN1c1nc(-c2ccc(Nc3cccc(OCc4ccccc4)n3)cc2)nc2c1CCN(CCO)C2. The highest BCUT2D eigenvalue weighted by atomic mass is 16.5. The van der Waals surface area contributed by atoms with Crippen LogP contribution in [0.4, 0.5) is 17.3 Å². The highest BCUT2D eigenvalue weighted by Crippen LogP contribution is 2.32. The maximum absolute atomic E-state index is 9.50. The Morgan fingerprint density at radius 1 is 0.976 bits per heavy atom. The molecule has 4 aromatic rings. The van der Waals surface area contributed by atoms with Gasteiger partial charge in [0.1, 0.15) is 18.2 Å². The monoisotopic (exact) mass is 552 g/mol. The Bertz CT molecular complexity index is 1450. The second-order valence-corrected chi connectivity index (χ2v) is 10.5. The van der Waals surface area contributed by atoms with Gasteiger partial charge < -0.3 is 24.8 Å². The molecule has 1 saturated heterocycles. The minimum Gasteiger partial charge on any atom is -0.473 e. The van der Waals surface area contributed by atoms with Gasteiger partial charge in [-0.25, -0.2) is 9.97 Å². The van der Waals surface area contributed by atoms with Gasteiger partial charge in [-0.05, 0) is 49.2 Å². The quantitative estimate of drug-likeness (QED) is 0.313. The largest absolute Gasteiger partial charge is 0.473 e. The third-order valence-corrected chi connectivity index (χ3v) is 7.55. The van der Waals surface area contributed by atoms with Crippen LogP contribution in [0.15, 0.2) is 72.8 Å². The van der Waals surface area contributed by atoms with E-state index in [2.05, 4.69) is 27.0 Å². The average molecular weight is 553 g/mol. The predicted octanol–water partition coefficient (Wildman–Crippen LogP) is 4.44. The van der Waals surface area contributed by atoms with Crippen molar-refractivity contribution < 1.29 is 14.6 Å². The van der Waals surface area contributed by atoms with Crippen molar-refractivity contribution in [2.75, 3.05) is 49.7 Å². The van der Waals surface area contributed by atoms with E-state index in [0.29, 0.717) is 50.4 Å². The minimum atomic E-state index is 0.145. The smallest absolute Gasteiger partial charge is 0.215 e. The van der Waals surface area contributed by atoms with Crippen LogP contribution in [0.25, 0.3) is 11.4 Å². The van der Waals surface area contributed by atoms with Crippen molar-refractivity contribution in [2.24, 2.45) is 0 Å². The Labute approximate surface area is 240 Å². The van der Waals surface area contributed by atoms with Crippen molar-refractivity contribution in [3.8, 4) is 17.3 Å². The maximum atomic E-state index is 9.50. The normalized spacial score (nSPS) is 17.2. The van der Waals surface area contributed by atoms with Gasteiger partial charge in [0.2, 0.25) is 5.88 Å². The lowest BCUT2D eigenvalue weighted by Gasteiger charge is -2.37. The molecule has 9 nitrogen and oxygen atoms in total. The molecule has 4 heterocycles. The van der Waals surface area contributed by atoms with Gasteiger partial charge in [0, 0.05) is 49.1 Å². The number of ether oxygens (including phenoxy) is 2. The number of fused-ring (bicyclic) bond motifs is 1. The Balaban J connectivity index is 1.21. The number of aliphatic hydroxyl groups is 1. The molecule has 1 atom stereocenters. The van der Waals surface area contributed by atoms with E-state index in [0.717, 1.165) is 47.8 Å². The third-order valence-electron chi connectivity index (χ3n) is 7.55. The molecule has 1 unspecified atom stereocenters. The number of anilines is 3. The lowest BCUT2D eigenvalue weighted by atomic mass is 10.0. The van der Waals surface area contributed by atoms with Gasteiger partial charge in [0.15, 0.2) is 5.82 Å².